The second-order valence-electron chi connectivity index (χ2n) is 9.02. The molecule has 2 aromatic heterocycles. The fourth-order valence-electron chi connectivity index (χ4n) is 5.47. The van der Waals surface area contributed by atoms with Gasteiger partial charge < -0.3 is 4.90 Å². The lowest BCUT2D eigenvalue weighted by Crippen LogP contribution is -2.49. The predicted molar refractivity (Wildman–Crippen MR) is 97.1 cm³/mol. The molecule has 25 heavy (non-hydrogen) atoms. The highest BCUT2D eigenvalue weighted by Gasteiger charge is 2.55. The molecule has 0 N–H and O–H groups in total. The van der Waals surface area contributed by atoms with Crippen LogP contribution in [-0.4, -0.2) is 34.0 Å². The molecule has 0 amide bonds. The zero-order chi connectivity index (χ0) is 17.2. The van der Waals surface area contributed by atoms with Crippen molar-refractivity contribution in [2.45, 2.75) is 52.4 Å². The first-order valence-corrected chi connectivity index (χ1v) is 9.58. The molecule has 1 unspecified atom stereocenters. The molecular weight excluding hydrogens is 312 g/mol. The van der Waals surface area contributed by atoms with Gasteiger partial charge in [-0.15, -0.1) is 5.10 Å². The third-order valence-corrected chi connectivity index (χ3v) is 7.35. The van der Waals surface area contributed by atoms with Gasteiger partial charge in [0.1, 0.15) is 0 Å². The number of fused-ring (bicyclic) bond motifs is 1. The number of pyridine rings is 1. The summed E-state index contributed by atoms with van der Waals surface area (Å²) < 4.78 is 1.76. The number of rotatable bonds is 3. The number of anilines is 1. The second-order valence-corrected chi connectivity index (χ2v) is 9.02. The number of hydrogen-bond donors (Lipinski definition) is 0. The summed E-state index contributed by atoms with van der Waals surface area (Å²) in [7, 11) is 0. The first-order valence-electron chi connectivity index (χ1n) is 9.58. The Hall–Kier alpha value is -1.91. The number of hydrogen-bond acceptors (Lipinski definition) is 4. The van der Waals surface area contributed by atoms with Crippen molar-refractivity contribution >= 4 is 17.6 Å². The Morgan fingerprint density at radius 3 is 2.76 bits per heavy atom. The molecule has 5 nitrogen and oxygen atoms in total. The molecule has 0 bridgehead atoms. The molecule has 0 aromatic carbocycles. The van der Waals surface area contributed by atoms with Crippen LogP contribution in [0.4, 0.5) is 5.69 Å². The highest BCUT2D eigenvalue weighted by atomic mass is 16.1. The summed E-state index contributed by atoms with van der Waals surface area (Å²) in [5.74, 6) is 1.16. The molecule has 3 heterocycles. The minimum atomic E-state index is 0.256. The van der Waals surface area contributed by atoms with E-state index in [0.717, 1.165) is 35.6 Å². The summed E-state index contributed by atoms with van der Waals surface area (Å²) in [6.07, 6.45) is 11.4. The van der Waals surface area contributed by atoms with Gasteiger partial charge in [-0.2, -0.15) is 0 Å². The average Bonchev–Trinajstić information content (AvgIpc) is 3.08. The van der Waals surface area contributed by atoms with Crippen LogP contribution in [0.1, 0.15) is 61.6 Å². The van der Waals surface area contributed by atoms with Gasteiger partial charge in [0.05, 0.1) is 11.9 Å². The zero-order valence-corrected chi connectivity index (χ0v) is 15.2. The van der Waals surface area contributed by atoms with Gasteiger partial charge in [-0.1, -0.05) is 13.3 Å². The summed E-state index contributed by atoms with van der Waals surface area (Å²) in [5, 5.41) is 4.27. The summed E-state index contributed by atoms with van der Waals surface area (Å²) in [6.45, 7) is 6.78. The van der Waals surface area contributed by atoms with Gasteiger partial charge >= 0.3 is 0 Å². The molecular formula is C20H26N4O. The van der Waals surface area contributed by atoms with Gasteiger partial charge in [-0.25, -0.2) is 9.50 Å². The maximum absolute atomic E-state index is 11.0. The summed E-state index contributed by atoms with van der Waals surface area (Å²) in [6, 6.07) is 2.19. The summed E-state index contributed by atoms with van der Waals surface area (Å²) in [4.78, 5) is 17.7. The monoisotopic (exact) mass is 338 g/mol. The first-order chi connectivity index (χ1) is 12.0. The van der Waals surface area contributed by atoms with E-state index in [-0.39, 0.29) is 5.82 Å². The van der Waals surface area contributed by atoms with Crippen LogP contribution < -0.4 is 4.90 Å². The largest absolute Gasteiger partial charge is 0.370 e. The van der Waals surface area contributed by atoms with Gasteiger partial charge in [-0.05, 0) is 67.4 Å². The smallest absolute Gasteiger partial charge is 0.214 e. The van der Waals surface area contributed by atoms with Gasteiger partial charge in [0.25, 0.3) is 0 Å². The van der Waals surface area contributed by atoms with Gasteiger partial charge in [0.2, 0.25) is 5.82 Å². The van der Waals surface area contributed by atoms with E-state index < -0.39 is 0 Å². The lowest BCUT2D eigenvalue weighted by molar-refractivity contribution is -0.0744. The highest BCUT2D eigenvalue weighted by molar-refractivity contribution is 5.71. The van der Waals surface area contributed by atoms with Crippen molar-refractivity contribution in [3.63, 3.8) is 0 Å². The van der Waals surface area contributed by atoms with Crippen LogP contribution in [0, 0.1) is 23.7 Å². The zero-order valence-electron chi connectivity index (χ0n) is 15.2. The lowest BCUT2D eigenvalue weighted by atomic mass is 9.47. The second kappa shape index (κ2) is 5.05. The topological polar surface area (TPSA) is 50.5 Å². The maximum Gasteiger partial charge on any atom is 0.214 e. The molecule has 1 spiro atoms. The summed E-state index contributed by atoms with van der Waals surface area (Å²) in [5.41, 5.74) is 4.25. The van der Waals surface area contributed by atoms with E-state index in [4.69, 9.17) is 0 Å². The molecule has 5 rings (SSSR count). The standard InChI is InChI=1S/C20H26N4O/c1-14-8-16(11-24-18(14)21-17(12-25)22-24)23-7-6-19(2,13-23)15-9-20(10-15)4-3-5-20/h8,11-12,15H,3-7,9-10,13H2,1-2H3. The molecule has 5 heteroatoms. The Balaban J connectivity index is 1.37. The first kappa shape index (κ1) is 15.4. The van der Waals surface area contributed by atoms with Crippen LogP contribution in [0.2, 0.25) is 0 Å². The van der Waals surface area contributed by atoms with E-state index in [1.165, 1.54) is 44.2 Å². The third kappa shape index (κ3) is 2.24. The Morgan fingerprint density at radius 1 is 1.28 bits per heavy atom. The number of aldehydes is 1. The molecule has 2 saturated carbocycles. The van der Waals surface area contributed by atoms with Crippen molar-refractivity contribution in [3.05, 3.63) is 23.7 Å². The van der Waals surface area contributed by atoms with Crippen LogP contribution in [0.25, 0.3) is 5.65 Å². The van der Waals surface area contributed by atoms with E-state index in [0.29, 0.717) is 11.7 Å². The molecule has 1 aliphatic heterocycles. The number of carbonyl (C=O) groups is 1. The quantitative estimate of drug-likeness (QED) is 0.802. The van der Waals surface area contributed by atoms with Crippen LogP contribution in [-0.2, 0) is 0 Å². The SMILES string of the molecule is Cc1cc(N2CCC(C)(C3CC4(CCC4)C3)C2)cn2nc(C=O)nc12. The normalized spacial score (nSPS) is 28.3. The predicted octanol–water partition coefficient (Wildman–Crippen LogP) is 3.65. The number of carbonyl (C=O) groups excluding carboxylic acids is 1. The highest BCUT2D eigenvalue weighted by Crippen LogP contribution is 2.64. The van der Waals surface area contributed by atoms with Gasteiger partial charge in [-0.3, -0.25) is 4.79 Å². The van der Waals surface area contributed by atoms with Crippen LogP contribution >= 0.6 is 0 Å². The molecule has 3 fully saturated rings. The number of aryl methyl sites for hydroxylation is 1. The van der Waals surface area contributed by atoms with Crippen molar-refractivity contribution in [2.75, 3.05) is 18.0 Å². The van der Waals surface area contributed by atoms with Crippen LogP contribution in [0.5, 0.6) is 0 Å². The number of aromatic nitrogens is 3. The van der Waals surface area contributed by atoms with Crippen molar-refractivity contribution in [3.8, 4) is 0 Å². The van der Waals surface area contributed by atoms with Crippen molar-refractivity contribution in [1.82, 2.24) is 14.6 Å². The Labute approximate surface area is 148 Å². The minimum Gasteiger partial charge on any atom is -0.370 e. The van der Waals surface area contributed by atoms with Crippen molar-refractivity contribution in [1.29, 1.82) is 0 Å². The molecule has 1 atom stereocenters. The number of nitrogens with zero attached hydrogens (tertiary/aromatic N) is 4. The van der Waals surface area contributed by atoms with E-state index in [2.05, 4.69) is 28.0 Å². The van der Waals surface area contributed by atoms with Gasteiger partial charge in [0, 0.05) is 13.1 Å². The fourth-order valence-corrected chi connectivity index (χ4v) is 5.47. The average molecular weight is 338 g/mol. The van der Waals surface area contributed by atoms with E-state index in [9.17, 15) is 4.79 Å². The molecule has 2 aliphatic carbocycles. The third-order valence-electron chi connectivity index (χ3n) is 7.35. The fraction of sp³-hybridized carbons (Fsp3) is 0.650. The van der Waals surface area contributed by atoms with Crippen molar-refractivity contribution in [2.24, 2.45) is 16.7 Å². The van der Waals surface area contributed by atoms with Crippen LogP contribution in [0.3, 0.4) is 0 Å². The minimum absolute atomic E-state index is 0.256. The van der Waals surface area contributed by atoms with Gasteiger partial charge in [0.15, 0.2) is 11.9 Å². The molecule has 0 radical (unpaired) electrons. The molecule has 3 aliphatic rings. The Morgan fingerprint density at radius 2 is 2.08 bits per heavy atom. The van der Waals surface area contributed by atoms with E-state index in [1.807, 2.05) is 13.1 Å². The van der Waals surface area contributed by atoms with E-state index in [1.54, 1.807) is 4.52 Å². The lowest BCUT2D eigenvalue weighted by Gasteiger charge is -2.58. The Kier molecular flexibility index (Phi) is 3.10. The van der Waals surface area contributed by atoms with E-state index >= 15 is 0 Å². The Bertz CT molecular complexity index is 845. The molecule has 2 aromatic rings. The molecule has 132 valence electrons. The molecule has 1 saturated heterocycles. The summed E-state index contributed by atoms with van der Waals surface area (Å²) >= 11 is 0. The van der Waals surface area contributed by atoms with Crippen LogP contribution in [0.15, 0.2) is 12.3 Å². The maximum atomic E-state index is 11.0. The van der Waals surface area contributed by atoms with Crippen molar-refractivity contribution < 1.29 is 4.79 Å².